The van der Waals surface area contributed by atoms with Crippen molar-refractivity contribution < 1.29 is 48.0 Å². The summed E-state index contributed by atoms with van der Waals surface area (Å²) < 4.78 is 27.5. The summed E-state index contributed by atoms with van der Waals surface area (Å²) in [5.74, 6) is -3.04. The molecular weight excluding hydrogens is 412 g/mol. The van der Waals surface area contributed by atoms with E-state index in [0.717, 1.165) is 0 Å². The third kappa shape index (κ3) is 6.42. The molecule has 1 heterocycles. The number of carbonyl (C=O) groups is 4. The Morgan fingerprint density at radius 2 is 1.45 bits per heavy atom. The Labute approximate surface area is 179 Å². The molecule has 4 atom stereocenters. The molecule has 1 N–H and O–H groups in total. The SMILES string of the molecule is CCC(=O)O[C@@H]1[C@@H](OC(=O)CC)[C@H](Oc2ccccc2C(=O)O)OC[C@H]1OC(=O)CC. The fourth-order valence-corrected chi connectivity index (χ4v) is 2.81. The van der Waals surface area contributed by atoms with Gasteiger partial charge in [0.15, 0.2) is 12.2 Å². The third-order valence-corrected chi connectivity index (χ3v) is 4.43. The zero-order chi connectivity index (χ0) is 23.0. The molecule has 0 unspecified atom stereocenters. The highest BCUT2D eigenvalue weighted by Crippen LogP contribution is 2.29. The van der Waals surface area contributed by atoms with Crippen LogP contribution in [0.4, 0.5) is 0 Å². The maximum atomic E-state index is 12.1. The van der Waals surface area contributed by atoms with Crippen LogP contribution in [0.1, 0.15) is 50.4 Å². The third-order valence-electron chi connectivity index (χ3n) is 4.43. The zero-order valence-corrected chi connectivity index (χ0v) is 17.6. The van der Waals surface area contributed by atoms with Crippen molar-refractivity contribution in [2.45, 2.75) is 64.6 Å². The van der Waals surface area contributed by atoms with Crippen LogP contribution >= 0.6 is 0 Å². The van der Waals surface area contributed by atoms with Crippen molar-refractivity contribution in [2.24, 2.45) is 0 Å². The van der Waals surface area contributed by atoms with Crippen molar-refractivity contribution >= 4 is 23.9 Å². The van der Waals surface area contributed by atoms with Gasteiger partial charge in [0.25, 0.3) is 0 Å². The summed E-state index contributed by atoms with van der Waals surface area (Å²) >= 11 is 0. The van der Waals surface area contributed by atoms with Crippen LogP contribution in [0.5, 0.6) is 5.75 Å². The second kappa shape index (κ2) is 11.3. The molecule has 1 aliphatic rings. The summed E-state index contributed by atoms with van der Waals surface area (Å²) in [6.45, 7) is 4.54. The van der Waals surface area contributed by atoms with Crippen LogP contribution in [0.2, 0.25) is 0 Å². The summed E-state index contributed by atoms with van der Waals surface area (Å²) in [5, 5.41) is 9.38. The van der Waals surface area contributed by atoms with Crippen LogP contribution in [0.3, 0.4) is 0 Å². The van der Waals surface area contributed by atoms with Crippen LogP contribution in [-0.4, -0.2) is 60.2 Å². The Kier molecular flexibility index (Phi) is 8.80. The van der Waals surface area contributed by atoms with Gasteiger partial charge in [-0.05, 0) is 12.1 Å². The summed E-state index contributed by atoms with van der Waals surface area (Å²) in [6, 6.07) is 5.85. The van der Waals surface area contributed by atoms with E-state index in [2.05, 4.69) is 0 Å². The van der Waals surface area contributed by atoms with E-state index in [9.17, 15) is 24.3 Å². The first-order valence-electron chi connectivity index (χ1n) is 9.99. The first-order chi connectivity index (χ1) is 14.8. The number of ether oxygens (including phenoxy) is 5. The predicted molar refractivity (Wildman–Crippen MR) is 104 cm³/mol. The minimum Gasteiger partial charge on any atom is -0.478 e. The van der Waals surface area contributed by atoms with E-state index >= 15 is 0 Å². The molecule has 0 radical (unpaired) electrons. The molecular formula is C21H26O10. The van der Waals surface area contributed by atoms with E-state index in [0.29, 0.717) is 0 Å². The fraction of sp³-hybridized carbons (Fsp3) is 0.524. The Balaban J connectivity index is 2.38. The van der Waals surface area contributed by atoms with Gasteiger partial charge in [-0.25, -0.2) is 4.79 Å². The molecule has 0 aliphatic carbocycles. The lowest BCUT2D eigenvalue weighted by atomic mass is 10.0. The molecule has 1 saturated heterocycles. The molecule has 0 spiro atoms. The fourth-order valence-electron chi connectivity index (χ4n) is 2.81. The maximum Gasteiger partial charge on any atom is 0.339 e. The lowest BCUT2D eigenvalue weighted by molar-refractivity contribution is -0.261. The van der Waals surface area contributed by atoms with Crippen molar-refractivity contribution in [2.75, 3.05) is 6.61 Å². The molecule has 0 amide bonds. The maximum absolute atomic E-state index is 12.1. The number of aromatic carboxylic acids is 1. The van der Waals surface area contributed by atoms with Crippen molar-refractivity contribution in [3.05, 3.63) is 29.8 Å². The Bertz CT molecular complexity index is 805. The van der Waals surface area contributed by atoms with Crippen LogP contribution in [0, 0.1) is 0 Å². The molecule has 1 aromatic rings. The van der Waals surface area contributed by atoms with Crippen molar-refractivity contribution in [1.82, 2.24) is 0 Å². The van der Waals surface area contributed by atoms with E-state index in [1.807, 2.05) is 0 Å². The Morgan fingerprint density at radius 3 is 2.03 bits per heavy atom. The van der Waals surface area contributed by atoms with E-state index < -0.39 is 48.5 Å². The molecule has 2 rings (SSSR count). The molecule has 170 valence electrons. The van der Waals surface area contributed by atoms with Gasteiger partial charge in [-0.15, -0.1) is 0 Å². The molecule has 0 saturated carbocycles. The number of rotatable bonds is 9. The smallest absolute Gasteiger partial charge is 0.339 e. The second-order valence-electron chi connectivity index (χ2n) is 6.62. The number of hydrogen-bond donors (Lipinski definition) is 1. The van der Waals surface area contributed by atoms with Crippen molar-refractivity contribution in [3.8, 4) is 5.75 Å². The largest absolute Gasteiger partial charge is 0.478 e. The van der Waals surface area contributed by atoms with Gasteiger partial charge in [-0.2, -0.15) is 0 Å². The van der Waals surface area contributed by atoms with Crippen molar-refractivity contribution in [1.29, 1.82) is 0 Å². The standard InChI is InChI=1S/C21H26O10/c1-4-15(22)28-14-11-27-21(29-13-10-8-7-9-12(13)20(25)26)19(31-17(24)6-3)18(14)30-16(23)5-2/h7-10,14,18-19,21H,4-6,11H2,1-3H3,(H,25,26)/t14-,18+,19-,21+/m1/s1. The van der Waals surface area contributed by atoms with E-state index in [4.69, 9.17) is 23.7 Å². The van der Waals surface area contributed by atoms with Gasteiger partial charge in [0.05, 0.1) is 6.61 Å². The van der Waals surface area contributed by atoms with Crippen LogP contribution < -0.4 is 4.74 Å². The molecule has 0 aromatic heterocycles. The second-order valence-corrected chi connectivity index (χ2v) is 6.62. The normalized spacial score (nSPS) is 22.8. The first-order valence-corrected chi connectivity index (χ1v) is 9.99. The number of carboxylic acids is 1. The molecule has 10 nitrogen and oxygen atoms in total. The molecule has 31 heavy (non-hydrogen) atoms. The van der Waals surface area contributed by atoms with Gasteiger partial charge in [0.2, 0.25) is 12.4 Å². The lowest BCUT2D eigenvalue weighted by Crippen LogP contribution is -2.59. The molecule has 1 aromatic carbocycles. The van der Waals surface area contributed by atoms with Gasteiger partial charge in [0.1, 0.15) is 11.3 Å². The van der Waals surface area contributed by atoms with Crippen LogP contribution in [0.15, 0.2) is 24.3 Å². The number of para-hydroxylation sites is 1. The van der Waals surface area contributed by atoms with Gasteiger partial charge >= 0.3 is 23.9 Å². The molecule has 1 fully saturated rings. The average molecular weight is 438 g/mol. The molecule has 10 heteroatoms. The number of esters is 3. The average Bonchev–Trinajstić information content (AvgIpc) is 2.77. The molecule has 0 bridgehead atoms. The first kappa shape index (κ1) is 24.1. The van der Waals surface area contributed by atoms with Crippen LogP contribution in [-0.2, 0) is 33.3 Å². The van der Waals surface area contributed by atoms with Gasteiger partial charge in [-0.1, -0.05) is 32.9 Å². The highest BCUT2D eigenvalue weighted by Gasteiger charge is 2.48. The van der Waals surface area contributed by atoms with Crippen molar-refractivity contribution in [3.63, 3.8) is 0 Å². The van der Waals surface area contributed by atoms with Gasteiger partial charge in [-0.3, -0.25) is 14.4 Å². The minimum atomic E-state index is -1.30. The Hall–Kier alpha value is -3.14. The van der Waals surface area contributed by atoms with E-state index in [1.165, 1.54) is 18.2 Å². The summed E-state index contributed by atoms with van der Waals surface area (Å²) in [4.78, 5) is 47.4. The molecule has 1 aliphatic heterocycles. The summed E-state index contributed by atoms with van der Waals surface area (Å²) in [5.41, 5.74) is -0.131. The van der Waals surface area contributed by atoms with E-state index in [-0.39, 0.29) is 37.2 Å². The van der Waals surface area contributed by atoms with Gasteiger partial charge in [0, 0.05) is 19.3 Å². The highest BCUT2D eigenvalue weighted by molar-refractivity contribution is 5.90. The zero-order valence-electron chi connectivity index (χ0n) is 17.6. The number of benzene rings is 1. The highest BCUT2D eigenvalue weighted by atomic mass is 16.7. The minimum absolute atomic E-state index is 0.0167. The van der Waals surface area contributed by atoms with Gasteiger partial charge < -0.3 is 28.8 Å². The Morgan fingerprint density at radius 1 is 0.903 bits per heavy atom. The van der Waals surface area contributed by atoms with Crippen LogP contribution in [0.25, 0.3) is 0 Å². The van der Waals surface area contributed by atoms with E-state index in [1.54, 1.807) is 26.8 Å². The number of hydrogen-bond acceptors (Lipinski definition) is 9. The lowest BCUT2D eigenvalue weighted by Gasteiger charge is -2.40. The summed E-state index contributed by atoms with van der Waals surface area (Å²) in [6.07, 6.45) is -4.70. The number of carboxylic acid groups (broad SMARTS) is 1. The topological polar surface area (TPSA) is 135 Å². The monoisotopic (exact) mass is 438 g/mol. The quantitative estimate of drug-likeness (QED) is 0.451. The predicted octanol–water partition coefficient (Wildman–Crippen LogP) is 2.09. The summed E-state index contributed by atoms with van der Waals surface area (Å²) in [7, 11) is 0. The number of carbonyl (C=O) groups excluding carboxylic acids is 3.